The molecule has 1 aliphatic rings. The number of aryl methyl sites for hydroxylation is 1. The minimum Gasteiger partial charge on any atom is -0.497 e. The molecule has 0 unspecified atom stereocenters. The third-order valence-corrected chi connectivity index (χ3v) is 4.64. The first-order valence-electron chi connectivity index (χ1n) is 9.22. The summed E-state index contributed by atoms with van der Waals surface area (Å²) >= 11 is 0. The molecular formula is C20H28N4O. The highest BCUT2D eigenvalue weighted by Crippen LogP contribution is 2.21. The summed E-state index contributed by atoms with van der Waals surface area (Å²) < 4.78 is 5.27. The summed E-state index contributed by atoms with van der Waals surface area (Å²) in [6.07, 6.45) is 7.36. The molecule has 1 aromatic carbocycles. The molecule has 1 heterocycles. The maximum Gasteiger partial charge on any atom is 0.224 e. The van der Waals surface area contributed by atoms with Crippen LogP contribution in [0.25, 0.3) is 0 Å². The monoisotopic (exact) mass is 340 g/mol. The van der Waals surface area contributed by atoms with E-state index >= 15 is 0 Å². The molecule has 25 heavy (non-hydrogen) atoms. The SMILES string of the molecule is COc1cccc(CCNc2nc(C)cc(NC3CCCCC3)n2)c1. The van der Waals surface area contributed by atoms with Crippen LogP contribution < -0.4 is 15.4 Å². The molecule has 1 saturated carbocycles. The number of nitrogens with zero attached hydrogens (tertiary/aromatic N) is 2. The highest BCUT2D eigenvalue weighted by atomic mass is 16.5. The van der Waals surface area contributed by atoms with Crippen LogP contribution in [0.1, 0.15) is 43.4 Å². The van der Waals surface area contributed by atoms with Gasteiger partial charge in [0, 0.05) is 24.3 Å². The van der Waals surface area contributed by atoms with Crippen LogP contribution in [0.4, 0.5) is 11.8 Å². The van der Waals surface area contributed by atoms with Gasteiger partial charge in [-0.3, -0.25) is 0 Å². The van der Waals surface area contributed by atoms with Crippen molar-refractivity contribution in [3.63, 3.8) is 0 Å². The van der Waals surface area contributed by atoms with Crippen LogP contribution in [0.15, 0.2) is 30.3 Å². The van der Waals surface area contributed by atoms with Crippen LogP contribution in [0.5, 0.6) is 5.75 Å². The lowest BCUT2D eigenvalue weighted by Gasteiger charge is -2.23. The van der Waals surface area contributed by atoms with Gasteiger partial charge >= 0.3 is 0 Å². The molecule has 2 aromatic rings. The molecule has 0 aliphatic heterocycles. The third kappa shape index (κ3) is 5.34. The van der Waals surface area contributed by atoms with E-state index in [1.54, 1.807) is 7.11 Å². The molecule has 5 nitrogen and oxygen atoms in total. The molecule has 0 amide bonds. The van der Waals surface area contributed by atoms with Gasteiger partial charge < -0.3 is 15.4 Å². The van der Waals surface area contributed by atoms with Crippen molar-refractivity contribution < 1.29 is 4.74 Å². The van der Waals surface area contributed by atoms with Crippen LogP contribution in [0.2, 0.25) is 0 Å². The van der Waals surface area contributed by atoms with E-state index in [9.17, 15) is 0 Å². The Hall–Kier alpha value is -2.30. The lowest BCUT2D eigenvalue weighted by molar-refractivity contribution is 0.414. The summed E-state index contributed by atoms with van der Waals surface area (Å²) in [5.41, 5.74) is 2.22. The Morgan fingerprint density at radius 2 is 1.96 bits per heavy atom. The number of aromatic nitrogens is 2. The van der Waals surface area contributed by atoms with E-state index in [4.69, 9.17) is 4.74 Å². The Morgan fingerprint density at radius 1 is 1.12 bits per heavy atom. The standard InChI is InChI=1S/C20H28N4O/c1-15-13-19(23-17-8-4-3-5-9-17)24-20(22-15)21-12-11-16-7-6-10-18(14-16)25-2/h6-7,10,13-14,17H,3-5,8-9,11-12H2,1-2H3,(H2,21,22,23,24). The fourth-order valence-corrected chi connectivity index (χ4v) is 3.32. The molecule has 0 spiro atoms. The molecular weight excluding hydrogens is 312 g/mol. The molecule has 0 bridgehead atoms. The summed E-state index contributed by atoms with van der Waals surface area (Å²) in [5, 5.41) is 6.92. The van der Waals surface area contributed by atoms with E-state index in [1.165, 1.54) is 37.7 Å². The topological polar surface area (TPSA) is 59.1 Å². The van der Waals surface area contributed by atoms with Crippen molar-refractivity contribution in [1.82, 2.24) is 9.97 Å². The maximum atomic E-state index is 5.27. The van der Waals surface area contributed by atoms with Gasteiger partial charge in [-0.25, -0.2) is 4.98 Å². The van der Waals surface area contributed by atoms with Gasteiger partial charge in [0.25, 0.3) is 0 Å². The largest absolute Gasteiger partial charge is 0.497 e. The molecule has 0 atom stereocenters. The number of nitrogens with one attached hydrogen (secondary N) is 2. The summed E-state index contributed by atoms with van der Waals surface area (Å²) in [6.45, 7) is 2.81. The van der Waals surface area contributed by atoms with Crippen LogP contribution in [0.3, 0.4) is 0 Å². The van der Waals surface area contributed by atoms with Gasteiger partial charge in [0.05, 0.1) is 7.11 Å². The second kappa shape index (κ2) is 8.70. The van der Waals surface area contributed by atoms with Crippen molar-refractivity contribution >= 4 is 11.8 Å². The molecule has 1 fully saturated rings. The molecule has 134 valence electrons. The van der Waals surface area contributed by atoms with Gasteiger partial charge in [0.15, 0.2) is 0 Å². The highest BCUT2D eigenvalue weighted by molar-refractivity contribution is 5.43. The summed E-state index contributed by atoms with van der Waals surface area (Å²) in [4.78, 5) is 9.14. The average Bonchev–Trinajstić information content (AvgIpc) is 2.62. The fraction of sp³-hybridized carbons (Fsp3) is 0.500. The highest BCUT2D eigenvalue weighted by Gasteiger charge is 2.14. The summed E-state index contributed by atoms with van der Waals surface area (Å²) in [5.74, 6) is 2.52. The second-order valence-electron chi connectivity index (χ2n) is 6.73. The van der Waals surface area contributed by atoms with Crippen molar-refractivity contribution in [2.24, 2.45) is 0 Å². The van der Waals surface area contributed by atoms with Gasteiger partial charge in [0.2, 0.25) is 5.95 Å². The average molecular weight is 340 g/mol. The number of methoxy groups -OCH3 is 1. The molecule has 0 saturated heterocycles. The van der Waals surface area contributed by atoms with Gasteiger partial charge in [-0.05, 0) is 43.9 Å². The first-order chi connectivity index (χ1) is 12.2. The van der Waals surface area contributed by atoms with Crippen LogP contribution >= 0.6 is 0 Å². The Kier molecular flexibility index (Phi) is 6.09. The first kappa shape index (κ1) is 17.5. The molecule has 2 N–H and O–H groups in total. The van der Waals surface area contributed by atoms with Crippen molar-refractivity contribution in [3.8, 4) is 5.75 Å². The number of anilines is 2. The number of hydrogen-bond acceptors (Lipinski definition) is 5. The minimum atomic E-state index is 0.549. The number of rotatable bonds is 7. The molecule has 3 rings (SSSR count). The van der Waals surface area contributed by atoms with Gasteiger partial charge in [0.1, 0.15) is 11.6 Å². The van der Waals surface area contributed by atoms with Gasteiger partial charge in [-0.2, -0.15) is 4.98 Å². The van der Waals surface area contributed by atoms with Crippen LogP contribution in [0, 0.1) is 6.92 Å². The molecule has 1 aliphatic carbocycles. The van der Waals surface area contributed by atoms with E-state index in [0.717, 1.165) is 30.2 Å². The van der Waals surface area contributed by atoms with Crippen molar-refractivity contribution in [2.75, 3.05) is 24.3 Å². The van der Waals surface area contributed by atoms with Crippen molar-refractivity contribution in [2.45, 2.75) is 51.5 Å². The zero-order chi connectivity index (χ0) is 17.5. The third-order valence-electron chi connectivity index (χ3n) is 4.64. The van der Waals surface area contributed by atoms with E-state index in [2.05, 4.69) is 32.7 Å². The van der Waals surface area contributed by atoms with E-state index < -0.39 is 0 Å². The zero-order valence-electron chi connectivity index (χ0n) is 15.2. The Balaban J connectivity index is 1.56. The maximum absolute atomic E-state index is 5.27. The van der Waals surface area contributed by atoms with Crippen LogP contribution in [-0.4, -0.2) is 29.7 Å². The van der Waals surface area contributed by atoms with Crippen LogP contribution in [-0.2, 0) is 6.42 Å². The number of hydrogen-bond donors (Lipinski definition) is 2. The Bertz CT molecular complexity index is 683. The fourth-order valence-electron chi connectivity index (χ4n) is 3.32. The minimum absolute atomic E-state index is 0.549. The smallest absolute Gasteiger partial charge is 0.224 e. The molecule has 1 aromatic heterocycles. The normalized spacial score (nSPS) is 15.0. The first-order valence-corrected chi connectivity index (χ1v) is 9.22. The lowest BCUT2D eigenvalue weighted by Crippen LogP contribution is -2.23. The molecule has 5 heteroatoms. The van der Waals surface area contributed by atoms with Gasteiger partial charge in [-0.15, -0.1) is 0 Å². The van der Waals surface area contributed by atoms with Crippen molar-refractivity contribution in [3.05, 3.63) is 41.6 Å². The molecule has 0 radical (unpaired) electrons. The Labute approximate surface area is 150 Å². The predicted molar refractivity (Wildman–Crippen MR) is 102 cm³/mol. The number of ether oxygens (including phenoxy) is 1. The number of benzene rings is 1. The van der Waals surface area contributed by atoms with E-state index in [0.29, 0.717) is 12.0 Å². The van der Waals surface area contributed by atoms with E-state index in [-0.39, 0.29) is 0 Å². The second-order valence-corrected chi connectivity index (χ2v) is 6.73. The predicted octanol–water partition coefficient (Wildman–Crippen LogP) is 4.19. The lowest BCUT2D eigenvalue weighted by atomic mass is 9.95. The van der Waals surface area contributed by atoms with Crippen molar-refractivity contribution in [1.29, 1.82) is 0 Å². The van der Waals surface area contributed by atoms with E-state index in [1.807, 2.05) is 25.1 Å². The summed E-state index contributed by atoms with van der Waals surface area (Å²) in [6, 6.07) is 10.7. The zero-order valence-corrected chi connectivity index (χ0v) is 15.2. The summed E-state index contributed by atoms with van der Waals surface area (Å²) in [7, 11) is 1.69. The Morgan fingerprint density at radius 3 is 2.76 bits per heavy atom. The quantitative estimate of drug-likeness (QED) is 0.791. The van der Waals surface area contributed by atoms with Gasteiger partial charge in [-0.1, -0.05) is 31.4 Å².